The third kappa shape index (κ3) is 1.71. The van der Waals surface area contributed by atoms with Crippen molar-refractivity contribution >= 4 is 60.7 Å². The van der Waals surface area contributed by atoms with Gasteiger partial charge in [0.1, 0.15) is 0 Å². The zero-order chi connectivity index (χ0) is 10.1. The number of thioether (sulfide) groups is 1. The maximum absolute atomic E-state index is 6.31. The van der Waals surface area contributed by atoms with Gasteiger partial charge >= 0.3 is 0 Å². The first-order valence-electron chi connectivity index (χ1n) is 4.07. The highest BCUT2D eigenvalue weighted by Gasteiger charge is 2.11. The highest BCUT2D eigenvalue weighted by Crippen LogP contribution is 2.40. The van der Waals surface area contributed by atoms with Gasteiger partial charge in [0.25, 0.3) is 0 Å². The van der Waals surface area contributed by atoms with Crippen LogP contribution in [0.2, 0.25) is 5.02 Å². The Balaban J connectivity index is 2.79. The van der Waals surface area contributed by atoms with E-state index in [1.54, 1.807) is 23.1 Å². The van der Waals surface area contributed by atoms with Crippen LogP contribution in [0.5, 0.6) is 0 Å². The fourth-order valence-corrected chi connectivity index (χ4v) is 4.34. The van der Waals surface area contributed by atoms with Crippen molar-refractivity contribution in [3.05, 3.63) is 28.1 Å². The van der Waals surface area contributed by atoms with Crippen molar-refractivity contribution in [3.8, 4) is 0 Å². The summed E-state index contributed by atoms with van der Waals surface area (Å²) in [7, 11) is 0. The molecule has 0 fully saturated rings. The molecule has 0 nitrogen and oxygen atoms in total. The van der Waals surface area contributed by atoms with E-state index in [0.29, 0.717) is 0 Å². The van der Waals surface area contributed by atoms with Gasteiger partial charge in [-0.25, -0.2) is 0 Å². The SMILES string of the molecule is CSc1cccc2sc(CBr)c(Cl)c12. The molecule has 0 aliphatic heterocycles. The van der Waals surface area contributed by atoms with Crippen LogP contribution < -0.4 is 0 Å². The van der Waals surface area contributed by atoms with E-state index < -0.39 is 0 Å². The summed E-state index contributed by atoms with van der Waals surface area (Å²) < 4.78 is 1.27. The first-order valence-corrected chi connectivity index (χ1v) is 7.62. The molecule has 4 heteroatoms. The van der Waals surface area contributed by atoms with E-state index in [0.717, 1.165) is 10.4 Å². The van der Waals surface area contributed by atoms with Crippen LogP contribution in [0.3, 0.4) is 0 Å². The number of hydrogen-bond donors (Lipinski definition) is 0. The van der Waals surface area contributed by atoms with E-state index in [-0.39, 0.29) is 0 Å². The van der Waals surface area contributed by atoms with E-state index >= 15 is 0 Å². The molecule has 0 aliphatic rings. The molecule has 0 N–H and O–H groups in total. The normalized spacial score (nSPS) is 11.1. The van der Waals surface area contributed by atoms with E-state index in [9.17, 15) is 0 Å². The molecule has 2 aromatic rings. The Morgan fingerprint density at radius 3 is 2.93 bits per heavy atom. The van der Waals surface area contributed by atoms with Gasteiger partial charge in [-0.2, -0.15) is 0 Å². The largest absolute Gasteiger partial charge is 0.138 e. The smallest absolute Gasteiger partial charge is 0.0643 e. The highest BCUT2D eigenvalue weighted by atomic mass is 79.9. The molecule has 0 spiro atoms. The number of alkyl halides is 1. The van der Waals surface area contributed by atoms with E-state index in [2.05, 4.69) is 40.4 Å². The molecule has 1 aromatic heterocycles. The van der Waals surface area contributed by atoms with Gasteiger partial charge in [0.05, 0.1) is 5.02 Å². The number of hydrogen-bond acceptors (Lipinski definition) is 2. The maximum atomic E-state index is 6.31. The van der Waals surface area contributed by atoms with Gasteiger partial charge < -0.3 is 0 Å². The minimum absolute atomic E-state index is 0.832. The standard InChI is InChI=1S/C10H8BrClS2/c1-13-6-3-2-4-7-9(6)10(12)8(5-11)14-7/h2-4H,5H2,1H3. The number of rotatable bonds is 2. The number of halogens is 2. The number of fused-ring (bicyclic) bond motifs is 1. The van der Waals surface area contributed by atoms with E-state index in [1.165, 1.54) is 19.9 Å². The molecule has 1 aromatic carbocycles. The van der Waals surface area contributed by atoms with E-state index in [1.807, 2.05) is 0 Å². The van der Waals surface area contributed by atoms with Crippen LogP contribution in [0.4, 0.5) is 0 Å². The lowest BCUT2D eigenvalue weighted by Gasteiger charge is -1.98. The first-order chi connectivity index (χ1) is 6.77. The second kappa shape index (κ2) is 4.44. The topological polar surface area (TPSA) is 0 Å². The van der Waals surface area contributed by atoms with Crippen LogP contribution in [0.15, 0.2) is 23.1 Å². The second-order valence-electron chi connectivity index (χ2n) is 2.81. The summed E-state index contributed by atoms with van der Waals surface area (Å²) in [5.41, 5.74) is 0. The number of thiophene rings is 1. The highest BCUT2D eigenvalue weighted by molar-refractivity contribution is 9.08. The zero-order valence-electron chi connectivity index (χ0n) is 7.51. The third-order valence-corrected chi connectivity index (χ3v) is 5.42. The Morgan fingerprint density at radius 2 is 2.29 bits per heavy atom. The number of benzene rings is 1. The molecule has 0 atom stereocenters. The lowest BCUT2D eigenvalue weighted by molar-refractivity contribution is 1.54. The van der Waals surface area contributed by atoms with Crippen LogP contribution in [-0.4, -0.2) is 6.26 Å². The van der Waals surface area contributed by atoms with Crippen molar-refractivity contribution in [1.29, 1.82) is 0 Å². The average Bonchev–Trinajstić information content (AvgIpc) is 2.55. The molecule has 0 saturated carbocycles. The molecular formula is C10H8BrClS2. The molecule has 0 radical (unpaired) electrons. The molecule has 14 heavy (non-hydrogen) atoms. The van der Waals surface area contributed by atoms with Gasteiger partial charge in [0.2, 0.25) is 0 Å². The van der Waals surface area contributed by atoms with Crippen molar-refractivity contribution < 1.29 is 0 Å². The van der Waals surface area contributed by atoms with Gasteiger partial charge in [-0.15, -0.1) is 23.1 Å². The Hall–Kier alpha value is 0.300. The van der Waals surface area contributed by atoms with Gasteiger partial charge in [-0.05, 0) is 18.4 Å². The molecule has 0 amide bonds. The van der Waals surface area contributed by atoms with Gasteiger partial charge in [0, 0.05) is 25.2 Å². The molecule has 0 aliphatic carbocycles. The fraction of sp³-hybridized carbons (Fsp3) is 0.200. The van der Waals surface area contributed by atoms with Gasteiger partial charge in [-0.3, -0.25) is 0 Å². The minimum atomic E-state index is 0.832. The molecule has 0 bridgehead atoms. The Labute approximate surface area is 105 Å². The maximum Gasteiger partial charge on any atom is 0.0643 e. The molecule has 1 heterocycles. The first kappa shape index (κ1) is 10.8. The summed E-state index contributed by atoms with van der Waals surface area (Å²) in [6.07, 6.45) is 2.08. The summed E-state index contributed by atoms with van der Waals surface area (Å²) in [5.74, 6) is 0. The van der Waals surface area contributed by atoms with E-state index in [4.69, 9.17) is 11.6 Å². The summed E-state index contributed by atoms with van der Waals surface area (Å²) in [6, 6.07) is 6.32. The minimum Gasteiger partial charge on any atom is -0.138 e. The summed E-state index contributed by atoms with van der Waals surface area (Å²) >= 11 is 13.3. The molecule has 2 rings (SSSR count). The third-order valence-electron chi connectivity index (χ3n) is 2.03. The Morgan fingerprint density at radius 1 is 1.50 bits per heavy atom. The van der Waals surface area contributed by atoms with Crippen molar-refractivity contribution in [2.75, 3.05) is 6.26 Å². The van der Waals surface area contributed by atoms with Crippen molar-refractivity contribution in [1.82, 2.24) is 0 Å². The molecule has 0 saturated heterocycles. The summed E-state index contributed by atoms with van der Waals surface area (Å²) in [5, 5.41) is 2.95. The van der Waals surface area contributed by atoms with Crippen molar-refractivity contribution in [2.24, 2.45) is 0 Å². The molecule has 74 valence electrons. The van der Waals surface area contributed by atoms with Gasteiger partial charge in [0.15, 0.2) is 0 Å². The van der Waals surface area contributed by atoms with Gasteiger partial charge in [-0.1, -0.05) is 33.6 Å². The van der Waals surface area contributed by atoms with Crippen LogP contribution in [0, 0.1) is 0 Å². The van der Waals surface area contributed by atoms with Crippen LogP contribution in [-0.2, 0) is 5.33 Å². The summed E-state index contributed by atoms with van der Waals surface area (Å²) in [4.78, 5) is 2.47. The predicted molar refractivity (Wildman–Crippen MR) is 71.2 cm³/mol. The second-order valence-corrected chi connectivity index (χ2v) is 5.73. The quantitative estimate of drug-likeness (QED) is 0.545. The van der Waals surface area contributed by atoms with Crippen molar-refractivity contribution in [2.45, 2.75) is 10.2 Å². The van der Waals surface area contributed by atoms with Crippen LogP contribution in [0.1, 0.15) is 4.88 Å². The lowest BCUT2D eigenvalue weighted by atomic mass is 10.2. The fourth-order valence-electron chi connectivity index (χ4n) is 1.39. The average molecular weight is 308 g/mol. The molecule has 0 unspecified atom stereocenters. The van der Waals surface area contributed by atoms with Crippen LogP contribution >= 0.6 is 50.6 Å². The zero-order valence-corrected chi connectivity index (χ0v) is 11.5. The monoisotopic (exact) mass is 306 g/mol. The van der Waals surface area contributed by atoms with Crippen LogP contribution in [0.25, 0.3) is 10.1 Å². The summed E-state index contributed by atoms with van der Waals surface area (Å²) in [6.45, 7) is 0. The Kier molecular flexibility index (Phi) is 3.42. The van der Waals surface area contributed by atoms with Crippen molar-refractivity contribution in [3.63, 3.8) is 0 Å². The predicted octanol–water partition coefficient (Wildman–Crippen LogP) is 5.17. The lowest BCUT2D eigenvalue weighted by Crippen LogP contribution is -1.72. The Bertz CT molecular complexity index is 464. The molecular weight excluding hydrogens is 300 g/mol.